The number of aliphatic hydroxyl groups is 1. The van der Waals surface area contributed by atoms with Crippen molar-refractivity contribution in [2.24, 2.45) is 0 Å². The zero-order chi connectivity index (χ0) is 27.7. The van der Waals surface area contributed by atoms with Crippen LogP contribution in [0.25, 0.3) is 11.1 Å². The van der Waals surface area contributed by atoms with E-state index in [1.807, 2.05) is 43.5 Å². The molecule has 0 aliphatic carbocycles. The SMILES string of the molecule is CCCO.Cc1ccc(-c2c(C#N)c(N)nc(SCc3csc(Nc4ccc(F)c(F)c4)n3)c2C#N)cc1. The van der Waals surface area contributed by atoms with Crippen molar-refractivity contribution in [3.05, 3.63) is 81.9 Å². The Hall–Kier alpha value is -4.03. The first-order valence-electron chi connectivity index (χ1n) is 11.4. The maximum atomic E-state index is 13.4. The number of nitrogen functional groups attached to an aromatic ring is 1. The van der Waals surface area contributed by atoms with Crippen LogP contribution in [0.15, 0.2) is 52.9 Å². The van der Waals surface area contributed by atoms with Crippen LogP contribution in [-0.4, -0.2) is 21.7 Å². The molecule has 0 atom stereocenters. The number of aliphatic hydroxyl groups excluding tert-OH is 1. The summed E-state index contributed by atoms with van der Waals surface area (Å²) in [7, 11) is 0. The number of thioether (sulfide) groups is 1. The molecule has 0 fully saturated rings. The van der Waals surface area contributed by atoms with Crippen molar-refractivity contribution >= 4 is 39.7 Å². The molecule has 2 aromatic heterocycles. The van der Waals surface area contributed by atoms with Crippen LogP contribution in [0.1, 0.15) is 35.7 Å². The highest BCUT2D eigenvalue weighted by Crippen LogP contribution is 2.37. The topological polar surface area (TPSA) is 132 Å². The van der Waals surface area contributed by atoms with Gasteiger partial charge in [-0.05, 0) is 31.0 Å². The van der Waals surface area contributed by atoms with Gasteiger partial charge in [-0.1, -0.05) is 48.5 Å². The molecule has 0 radical (unpaired) electrons. The molecule has 4 aromatic rings. The van der Waals surface area contributed by atoms with E-state index in [1.54, 1.807) is 0 Å². The van der Waals surface area contributed by atoms with E-state index >= 15 is 0 Å². The molecular formula is C27H24F2N6OS2. The van der Waals surface area contributed by atoms with Gasteiger partial charge in [-0.25, -0.2) is 18.7 Å². The maximum Gasteiger partial charge on any atom is 0.187 e. The number of thiazole rings is 1. The molecule has 0 aliphatic heterocycles. The van der Waals surface area contributed by atoms with E-state index in [-0.39, 0.29) is 16.9 Å². The zero-order valence-electron chi connectivity index (χ0n) is 20.6. The van der Waals surface area contributed by atoms with Gasteiger partial charge in [0.05, 0.1) is 11.3 Å². The fourth-order valence-electron chi connectivity index (χ4n) is 3.18. The first-order chi connectivity index (χ1) is 18.3. The van der Waals surface area contributed by atoms with Crippen LogP contribution >= 0.6 is 23.1 Å². The lowest BCUT2D eigenvalue weighted by molar-refractivity contribution is 0.295. The molecule has 38 heavy (non-hydrogen) atoms. The van der Waals surface area contributed by atoms with E-state index < -0.39 is 11.6 Å². The third-order valence-corrected chi connectivity index (χ3v) is 6.87. The Morgan fingerprint density at radius 1 is 1.05 bits per heavy atom. The number of aryl methyl sites for hydroxylation is 1. The summed E-state index contributed by atoms with van der Waals surface area (Å²) in [5, 5.41) is 33.1. The van der Waals surface area contributed by atoms with Crippen LogP contribution < -0.4 is 11.1 Å². The van der Waals surface area contributed by atoms with Crippen molar-refractivity contribution in [3.8, 4) is 23.3 Å². The lowest BCUT2D eigenvalue weighted by Crippen LogP contribution is -2.03. The average Bonchev–Trinajstić information content (AvgIpc) is 3.37. The van der Waals surface area contributed by atoms with E-state index in [0.29, 0.717) is 45.0 Å². The van der Waals surface area contributed by atoms with Gasteiger partial charge < -0.3 is 16.2 Å². The minimum Gasteiger partial charge on any atom is -0.396 e. The van der Waals surface area contributed by atoms with Gasteiger partial charge in [-0.2, -0.15) is 10.5 Å². The number of halogens is 2. The number of nitriles is 2. The normalized spacial score (nSPS) is 10.2. The summed E-state index contributed by atoms with van der Waals surface area (Å²) in [6.45, 7) is 4.20. The maximum absolute atomic E-state index is 13.4. The van der Waals surface area contributed by atoms with Gasteiger partial charge in [0.1, 0.15) is 28.5 Å². The van der Waals surface area contributed by atoms with Crippen LogP contribution in [0, 0.1) is 41.2 Å². The van der Waals surface area contributed by atoms with E-state index in [0.717, 1.165) is 24.1 Å². The van der Waals surface area contributed by atoms with Crippen LogP contribution in [0.3, 0.4) is 0 Å². The molecule has 0 saturated carbocycles. The van der Waals surface area contributed by atoms with Gasteiger partial charge in [0.15, 0.2) is 16.8 Å². The molecule has 194 valence electrons. The molecule has 0 saturated heterocycles. The molecule has 0 spiro atoms. The van der Waals surface area contributed by atoms with Crippen molar-refractivity contribution in [3.63, 3.8) is 0 Å². The van der Waals surface area contributed by atoms with Gasteiger partial charge in [-0.3, -0.25) is 0 Å². The minimum absolute atomic E-state index is 0.0542. The minimum atomic E-state index is -0.949. The molecule has 11 heteroatoms. The Balaban J connectivity index is 0.000000934. The van der Waals surface area contributed by atoms with Crippen LogP contribution in [0.5, 0.6) is 0 Å². The largest absolute Gasteiger partial charge is 0.396 e. The van der Waals surface area contributed by atoms with E-state index in [4.69, 9.17) is 10.8 Å². The summed E-state index contributed by atoms with van der Waals surface area (Å²) in [6, 6.07) is 15.3. The summed E-state index contributed by atoms with van der Waals surface area (Å²) < 4.78 is 26.6. The number of nitrogens with two attached hydrogens (primary N) is 1. The van der Waals surface area contributed by atoms with Crippen molar-refractivity contribution in [2.45, 2.75) is 31.0 Å². The first-order valence-corrected chi connectivity index (χ1v) is 13.3. The standard InChI is InChI=1S/C24H16F2N6S2.C3H8O/c1-13-2-4-14(5-3-13)21-17(9-27)22(29)32-23(18(21)10-28)33-11-16-12-34-24(31-16)30-15-6-7-19(25)20(26)8-15;1-2-3-4/h2-8,12H,11H2,1H3,(H2,29,32)(H,30,31);4H,2-3H2,1H3. The van der Waals surface area contributed by atoms with Crippen LogP contribution in [-0.2, 0) is 5.75 Å². The Morgan fingerprint density at radius 2 is 1.74 bits per heavy atom. The third kappa shape index (κ3) is 7.05. The molecule has 2 aromatic carbocycles. The van der Waals surface area contributed by atoms with E-state index in [2.05, 4.69) is 27.4 Å². The summed E-state index contributed by atoms with van der Waals surface area (Å²) >= 11 is 2.58. The molecule has 4 N–H and O–H groups in total. The number of hydrogen-bond acceptors (Lipinski definition) is 9. The second-order valence-electron chi connectivity index (χ2n) is 7.93. The van der Waals surface area contributed by atoms with Gasteiger partial charge in [-0.15, -0.1) is 11.3 Å². The summed E-state index contributed by atoms with van der Waals surface area (Å²) in [5.74, 6) is -1.43. The predicted molar refractivity (Wildman–Crippen MR) is 147 cm³/mol. The van der Waals surface area contributed by atoms with Crippen molar-refractivity contribution < 1.29 is 13.9 Å². The van der Waals surface area contributed by atoms with Gasteiger partial charge >= 0.3 is 0 Å². The third-order valence-electron chi connectivity index (χ3n) is 5.06. The quantitative estimate of drug-likeness (QED) is 0.221. The number of aromatic nitrogens is 2. The van der Waals surface area contributed by atoms with E-state index in [1.165, 1.54) is 29.2 Å². The summed E-state index contributed by atoms with van der Waals surface area (Å²) in [4.78, 5) is 8.76. The second kappa shape index (κ2) is 13.5. The smallest absolute Gasteiger partial charge is 0.187 e. The number of pyridine rings is 1. The molecule has 0 aliphatic rings. The lowest BCUT2D eigenvalue weighted by atomic mass is 9.96. The van der Waals surface area contributed by atoms with Crippen molar-refractivity contribution in [2.75, 3.05) is 17.7 Å². The molecule has 0 unspecified atom stereocenters. The Bertz CT molecular complexity index is 1490. The Morgan fingerprint density at radius 3 is 2.34 bits per heavy atom. The van der Waals surface area contributed by atoms with Crippen LogP contribution in [0.2, 0.25) is 0 Å². The zero-order valence-corrected chi connectivity index (χ0v) is 22.3. The number of nitrogens with one attached hydrogen (secondary N) is 1. The molecule has 4 rings (SSSR count). The fourth-order valence-corrected chi connectivity index (χ4v) is 4.91. The predicted octanol–water partition coefficient (Wildman–Crippen LogP) is 6.54. The summed E-state index contributed by atoms with van der Waals surface area (Å²) in [6.07, 6.45) is 0.875. The molecule has 7 nitrogen and oxygen atoms in total. The Labute approximate surface area is 227 Å². The van der Waals surface area contributed by atoms with Gasteiger partial charge in [0.25, 0.3) is 0 Å². The average molecular weight is 551 g/mol. The molecular weight excluding hydrogens is 526 g/mol. The fraction of sp³-hybridized carbons (Fsp3) is 0.185. The Kier molecular flexibility index (Phi) is 10.1. The number of anilines is 3. The highest BCUT2D eigenvalue weighted by Gasteiger charge is 2.21. The highest BCUT2D eigenvalue weighted by atomic mass is 32.2. The van der Waals surface area contributed by atoms with Crippen molar-refractivity contribution in [1.82, 2.24) is 9.97 Å². The van der Waals surface area contributed by atoms with Crippen molar-refractivity contribution in [1.29, 1.82) is 10.5 Å². The summed E-state index contributed by atoms with van der Waals surface area (Å²) in [5.41, 5.74) is 9.80. The second-order valence-corrected chi connectivity index (χ2v) is 9.75. The van der Waals surface area contributed by atoms with Gasteiger partial charge in [0, 0.05) is 35.1 Å². The number of benzene rings is 2. The molecule has 0 bridgehead atoms. The number of rotatable bonds is 7. The number of nitrogens with zero attached hydrogens (tertiary/aromatic N) is 4. The lowest BCUT2D eigenvalue weighted by Gasteiger charge is -2.13. The highest BCUT2D eigenvalue weighted by molar-refractivity contribution is 7.98. The number of hydrogen-bond donors (Lipinski definition) is 3. The molecule has 2 heterocycles. The van der Waals surface area contributed by atoms with Crippen LogP contribution in [0.4, 0.5) is 25.4 Å². The van der Waals surface area contributed by atoms with Gasteiger partial charge in [0.2, 0.25) is 0 Å². The molecule has 0 amide bonds. The van der Waals surface area contributed by atoms with E-state index in [9.17, 15) is 19.3 Å². The first kappa shape index (κ1) is 28.5. The monoisotopic (exact) mass is 550 g/mol.